The molecule has 0 amide bonds. The monoisotopic (exact) mass is 482 g/mol. The van der Waals surface area contributed by atoms with Gasteiger partial charge in [0.1, 0.15) is 10.8 Å². The normalized spacial score (nSPS) is 11.2. The van der Waals surface area contributed by atoms with Crippen molar-refractivity contribution >= 4 is 45.3 Å². The fraction of sp³-hybridized carbons (Fsp3) is 0.182. The van der Waals surface area contributed by atoms with Crippen LogP contribution in [0.25, 0.3) is 0 Å². The van der Waals surface area contributed by atoms with Crippen LogP contribution in [0.15, 0.2) is 54.6 Å². The van der Waals surface area contributed by atoms with Gasteiger partial charge in [-0.3, -0.25) is 0 Å². The zero-order valence-corrected chi connectivity index (χ0v) is 18.4. The first-order valence-electron chi connectivity index (χ1n) is 9.46. The van der Waals surface area contributed by atoms with Gasteiger partial charge in [0.15, 0.2) is 5.11 Å². The van der Waals surface area contributed by atoms with E-state index in [0.29, 0.717) is 29.6 Å². The van der Waals surface area contributed by atoms with Crippen LogP contribution in [0.1, 0.15) is 33.3 Å². The van der Waals surface area contributed by atoms with Gasteiger partial charge in [0.2, 0.25) is 0 Å². The number of carbonyl (C=O) groups is 1. The fourth-order valence-corrected chi connectivity index (χ4v) is 4.19. The molecule has 0 saturated carbocycles. The quantitative estimate of drug-likeness (QED) is 0.239. The van der Waals surface area contributed by atoms with E-state index in [4.69, 9.17) is 17.0 Å². The number of hydrogen-bond acceptors (Lipinski definition) is 4. The lowest BCUT2D eigenvalue weighted by molar-refractivity contribution is -0.137. The Labute approximate surface area is 191 Å². The first-order valence-corrected chi connectivity index (χ1v) is 10.7. The lowest BCUT2D eigenvalue weighted by Gasteiger charge is -2.13. The van der Waals surface area contributed by atoms with Crippen LogP contribution in [0, 0.1) is 5.82 Å². The highest BCUT2D eigenvalue weighted by atomic mass is 32.1. The molecule has 0 radical (unpaired) electrons. The van der Waals surface area contributed by atoms with Gasteiger partial charge in [-0.25, -0.2) is 9.18 Å². The summed E-state index contributed by atoms with van der Waals surface area (Å²) in [6.45, 7) is 1.84. The van der Waals surface area contributed by atoms with E-state index in [1.54, 1.807) is 13.0 Å². The molecule has 168 valence electrons. The van der Waals surface area contributed by atoms with Crippen molar-refractivity contribution < 1.29 is 27.1 Å². The number of benzene rings is 2. The molecule has 0 unspecified atom stereocenters. The number of esters is 1. The zero-order chi connectivity index (χ0) is 23.3. The first-order chi connectivity index (χ1) is 15.2. The molecule has 0 aliphatic heterocycles. The molecular weight excluding hydrogens is 464 g/mol. The van der Waals surface area contributed by atoms with E-state index in [9.17, 15) is 22.4 Å². The average Bonchev–Trinajstić information content (AvgIpc) is 3.11. The van der Waals surface area contributed by atoms with E-state index < -0.39 is 29.2 Å². The molecule has 2 N–H and O–H groups in total. The Morgan fingerprint density at radius 1 is 1.09 bits per heavy atom. The van der Waals surface area contributed by atoms with Crippen LogP contribution in [-0.4, -0.2) is 17.7 Å². The van der Waals surface area contributed by atoms with Crippen molar-refractivity contribution in [1.29, 1.82) is 0 Å². The minimum absolute atomic E-state index is 0.165. The minimum atomic E-state index is -4.63. The highest BCUT2D eigenvalue weighted by Gasteiger charge is 2.31. The molecule has 0 fully saturated rings. The molecule has 0 bridgehead atoms. The van der Waals surface area contributed by atoms with Crippen molar-refractivity contribution in [3.63, 3.8) is 0 Å². The van der Waals surface area contributed by atoms with Crippen molar-refractivity contribution in [1.82, 2.24) is 0 Å². The molecule has 0 atom stereocenters. The van der Waals surface area contributed by atoms with Crippen LogP contribution in [0.4, 0.5) is 28.3 Å². The maximum absolute atomic E-state index is 14.0. The van der Waals surface area contributed by atoms with Crippen molar-refractivity contribution in [2.24, 2.45) is 0 Å². The second kappa shape index (κ2) is 10.1. The lowest BCUT2D eigenvalue weighted by Crippen LogP contribution is -2.21. The van der Waals surface area contributed by atoms with Crippen LogP contribution in [0.2, 0.25) is 0 Å². The largest absolute Gasteiger partial charge is 0.462 e. The highest BCUT2D eigenvalue weighted by Crippen LogP contribution is 2.33. The number of rotatable bonds is 6. The third-order valence-electron chi connectivity index (χ3n) is 4.27. The number of thiocarbonyl (C=S) groups is 1. The van der Waals surface area contributed by atoms with E-state index in [-0.39, 0.29) is 17.3 Å². The highest BCUT2D eigenvalue weighted by molar-refractivity contribution is 7.80. The predicted molar refractivity (Wildman–Crippen MR) is 121 cm³/mol. The SMILES string of the molecule is CCOC(=O)c1cc(Cc2ccccc2)sc1NC(=S)Nc1cc(C(F)(F)F)ccc1F. The molecule has 1 heterocycles. The van der Waals surface area contributed by atoms with E-state index in [0.717, 1.165) is 10.4 Å². The van der Waals surface area contributed by atoms with Crippen LogP contribution in [0.5, 0.6) is 0 Å². The summed E-state index contributed by atoms with van der Waals surface area (Å²) in [5, 5.41) is 5.39. The lowest BCUT2D eigenvalue weighted by atomic mass is 10.1. The Bertz CT molecular complexity index is 1110. The van der Waals surface area contributed by atoms with Gasteiger partial charge in [0, 0.05) is 11.3 Å². The van der Waals surface area contributed by atoms with Gasteiger partial charge in [0.25, 0.3) is 0 Å². The Morgan fingerprint density at radius 2 is 1.81 bits per heavy atom. The molecule has 32 heavy (non-hydrogen) atoms. The Kier molecular flexibility index (Phi) is 7.47. The second-order valence-corrected chi connectivity index (χ2v) is 8.15. The van der Waals surface area contributed by atoms with Crippen molar-refractivity contribution in [3.8, 4) is 0 Å². The number of carbonyl (C=O) groups excluding carboxylic acids is 1. The number of anilines is 2. The number of alkyl halides is 3. The van der Waals surface area contributed by atoms with Crippen LogP contribution in [-0.2, 0) is 17.3 Å². The third kappa shape index (κ3) is 6.04. The average molecular weight is 483 g/mol. The summed E-state index contributed by atoms with van der Waals surface area (Å²) in [6.07, 6.45) is -4.07. The van der Waals surface area contributed by atoms with E-state index in [1.165, 1.54) is 11.3 Å². The van der Waals surface area contributed by atoms with Gasteiger partial charge >= 0.3 is 12.1 Å². The summed E-state index contributed by atoms with van der Waals surface area (Å²) in [5.74, 6) is -1.47. The zero-order valence-electron chi connectivity index (χ0n) is 16.8. The van der Waals surface area contributed by atoms with Crippen molar-refractivity contribution in [2.75, 3.05) is 17.2 Å². The molecule has 0 aliphatic carbocycles. The van der Waals surface area contributed by atoms with E-state index >= 15 is 0 Å². The van der Waals surface area contributed by atoms with E-state index in [2.05, 4.69) is 10.6 Å². The summed E-state index contributed by atoms with van der Waals surface area (Å²) in [7, 11) is 0. The molecule has 10 heteroatoms. The Morgan fingerprint density at radius 3 is 2.47 bits per heavy atom. The summed E-state index contributed by atoms with van der Waals surface area (Å²) >= 11 is 6.39. The van der Waals surface area contributed by atoms with Gasteiger partial charge in [-0.1, -0.05) is 30.3 Å². The molecule has 0 saturated heterocycles. The summed E-state index contributed by atoms with van der Waals surface area (Å²) in [5.41, 5.74) is -0.187. The number of thiophene rings is 1. The van der Waals surface area contributed by atoms with Gasteiger partial charge in [-0.2, -0.15) is 13.2 Å². The molecule has 3 aromatic rings. The summed E-state index contributed by atoms with van der Waals surface area (Å²) < 4.78 is 57.9. The van der Waals surface area contributed by atoms with Gasteiger partial charge in [-0.05, 0) is 49.0 Å². The van der Waals surface area contributed by atoms with Crippen molar-refractivity contribution in [2.45, 2.75) is 19.5 Å². The topological polar surface area (TPSA) is 50.4 Å². The number of hydrogen-bond donors (Lipinski definition) is 2. The summed E-state index contributed by atoms with van der Waals surface area (Å²) in [6, 6.07) is 13.2. The van der Waals surface area contributed by atoms with Gasteiger partial charge in [0.05, 0.1) is 23.4 Å². The molecule has 0 spiro atoms. The molecule has 4 nitrogen and oxygen atoms in total. The Balaban J connectivity index is 1.82. The first kappa shape index (κ1) is 23.7. The van der Waals surface area contributed by atoms with Gasteiger partial charge in [-0.15, -0.1) is 11.3 Å². The maximum Gasteiger partial charge on any atom is 0.416 e. The van der Waals surface area contributed by atoms with Crippen LogP contribution < -0.4 is 10.6 Å². The Hall–Kier alpha value is -2.98. The smallest absolute Gasteiger partial charge is 0.416 e. The predicted octanol–water partition coefficient (Wildman–Crippen LogP) is 6.48. The third-order valence-corrected chi connectivity index (χ3v) is 5.52. The van der Waals surface area contributed by atoms with E-state index in [1.807, 2.05) is 30.3 Å². The molecular formula is C22H18F4N2O2S2. The molecule has 1 aromatic heterocycles. The van der Waals surface area contributed by atoms with Gasteiger partial charge < -0.3 is 15.4 Å². The second-order valence-electron chi connectivity index (χ2n) is 6.61. The maximum atomic E-state index is 14.0. The van der Waals surface area contributed by atoms with Crippen LogP contribution in [0.3, 0.4) is 0 Å². The molecule has 3 rings (SSSR count). The fourth-order valence-electron chi connectivity index (χ4n) is 2.83. The summed E-state index contributed by atoms with van der Waals surface area (Å²) in [4.78, 5) is 13.2. The molecule has 0 aliphatic rings. The number of halogens is 4. The number of ether oxygens (including phenoxy) is 1. The van der Waals surface area contributed by atoms with Crippen molar-refractivity contribution in [3.05, 3.63) is 82.0 Å². The molecule has 2 aromatic carbocycles. The standard InChI is InChI=1S/C22H18F4N2O2S2/c1-2-30-20(29)16-12-15(10-13-6-4-3-5-7-13)32-19(16)28-21(31)27-18-11-14(22(24,25)26)8-9-17(18)23/h3-9,11-12H,2,10H2,1H3,(H2,27,28,31). The van der Waals surface area contributed by atoms with Crippen LogP contribution >= 0.6 is 23.6 Å². The number of nitrogens with one attached hydrogen (secondary N) is 2. The minimum Gasteiger partial charge on any atom is -0.462 e.